The average molecular weight is 223 g/mol. The first kappa shape index (κ1) is 11.1. The van der Waals surface area contributed by atoms with Crippen molar-refractivity contribution < 1.29 is 13.9 Å². The Morgan fingerprint density at radius 3 is 2.88 bits per heavy atom. The molecule has 1 aliphatic rings. The summed E-state index contributed by atoms with van der Waals surface area (Å²) in [6, 6.07) is 6.11. The Morgan fingerprint density at radius 1 is 1.50 bits per heavy atom. The first-order chi connectivity index (χ1) is 7.68. The first-order valence-electron chi connectivity index (χ1n) is 5.35. The van der Waals surface area contributed by atoms with E-state index in [1.807, 2.05) is 6.92 Å². The number of carbonyl (C=O) groups is 1. The van der Waals surface area contributed by atoms with E-state index in [1.165, 1.54) is 12.1 Å². The summed E-state index contributed by atoms with van der Waals surface area (Å²) < 4.78 is 18.6. The van der Waals surface area contributed by atoms with Crippen molar-refractivity contribution in [1.29, 1.82) is 0 Å². The number of benzene rings is 1. The minimum atomic E-state index is -0.459. The van der Waals surface area contributed by atoms with Crippen molar-refractivity contribution in [2.75, 3.05) is 11.9 Å². The van der Waals surface area contributed by atoms with Crippen LogP contribution in [0.1, 0.15) is 13.3 Å². The summed E-state index contributed by atoms with van der Waals surface area (Å²) in [5, 5.41) is 2.54. The molecule has 0 aromatic heterocycles. The Labute approximate surface area is 93.6 Å². The zero-order valence-electron chi connectivity index (χ0n) is 9.07. The molecule has 1 fully saturated rings. The van der Waals surface area contributed by atoms with Crippen molar-refractivity contribution in [3.05, 3.63) is 30.1 Å². The topological polar surface area (TPSA) is 38.3 Å². The minimum Gasteiger partial charge on any atom is -0.368 e. The van der Waals surface area contributed by atoms with Gasteiger partial charge >= 0.3 is 0 Å². The van der Waals surface area contributed by atoms with E-state index in [-0.39, 0.29) is 17.5 Å². The zero-order valence-corrected chi connectivity index (χ0v) is 9.07. The molecule has 1 saturated heterocycles. The molecule has 4 heteroatoms. The standard InChI is InChI=1S/C12H14FNO2/c1-8-6-7-16-11(8)12(15)14-10-5-3-2-4-9(10)13/h2-5,8,11H,6-7H2,1H3,(H,14,15)/t8-,11+/m1/s1. The monoisotopic (exact) mass is 223 g/mol. The lowest BCUT2D eigenvalue weighted by Crippen LogP contribution is -2.31. The highest BCUT2D eigenvalue weighted by Gasteiger charge is 2.31. The smallest absolute Gasteiger partial charge is 0.253 e. The fraction of sp³-hybridized carbons (Fsp3) is 0.417. The van der Waals surface area contributed by atoms with Crippen LogP contribution in [0.25, 0.3) is 0 Å². The summed E-state index contributed by atoms with van der Waals surface area (Å²) >= 11 is 0. The number of hydrogen-bond acceptors (Lipinski definition) is 2. The Hall–Kier alpha value is -1.42. The Bertz CT molecular complexity index is 394. The van der Waals surface area contributed by atoms with Crippen LogP contribution in [0.15, 0.2) is 24.3 Å². The quantitative estimate of drug-likeness (QED) is 0.834. The Kier molecular flexibility index (Phi) is 3.19. The second-order valence-corrected chi connectivity index (χ2v) is 4.03. The van der Waals surface area contributed by atoms with Gasteiger partial charge in [-0.1, -0.05) is 19.1 Å². The second-order valence-electron chi connectivity index (χ2n) is 4.03. The van der Waals surface area contributed by atoms with E-state index in [9.17, 15) is 9.18 Å². The maximum atomic E-state index is 13.3. The molecule has 16 heavy (non-hydrogen) atoms. The van der Waals surface area contributed by atoms with Crippen molar-refractivity contribution in [3.63, 3.8) is 0 Å². The van der Waals surface area contributed by atoms with Gasteiger partial charge < -0.3 is 10.1 Å². The molecular formula is C12H14FNO2. The highest BCUT2D eigenvalue weighted by Crippen LogP contribution is 2.22. The average Bonchev–Trinajstić information content (AvgIpc) is 2.68. The molecule has 0 saturated carbocycles. The number of ether oxygens (including phenoxy) is 1. The van der Waals surface area contributed by atoms with Crippen LogP contribution < -0.4 is 5.32 Å². The van der Waals surface area contributed by atoms with Gasteiger partial charge in [0.2, 0.25) is 0 Å². The number of anilines is 1. The molecule has 0 unspecified atom stereocenters. The lowest BCUT2D eigenvalue weighted by atomic mass is 10.0. The summed E-state index contributed by atoms with van der Waals surface area (Å²) in [6.45, 7) is 2.55. The van der Waals surface area contributed by atoms with Crippen LogP contribution in [0, 0.1) is 11.7 Å². The van der Waals surface area contributed by atoms with Crippen LogP contribution in [-0.2, 0) is 9.53 Å². The second kappa shape index (κ2) is 4.61. The maximum Gasteiger partial charge on any atom is 0.253 e. The fourth-order valence-electron chi connectivity index (χ4n) is 1.80. The van der Waals surface area contributed by atoms with E-state index in [2.05, 4.69) is 5.32 Å². The van der Waals surface area contributed by atoms with Crippen LogP contribution in [0.4, 0.5) is 10.1 Å². The fourth-order valence-corrected chi connectivity index (χ4v) is 1.80. The number of para-hydroxylation sites is 1. The summed E-state index contributed by atoms with van der Waals surface area (Å²) in [5.41, 5.74) is 0.204. The Balaban J connectivity index is 2.05. The zero-order chi connectivity index (χ0) is 11.5. The van der Waals surface area contributed by atoms with Crippen molar-refractivity contribution in [3.8, 4) is 0 Å². The third-order valence-corrected chi connectivity index (χ3v) is 2.78. The lowest BCUT2D eigenvalue weighted by Gasteiger charge is -2.14. The van der Waals surface area contributed by atoms with Crippen LogP contribution in [0.2, 0.25) is 0 Å². The molecule has 0 bridgehead atoms. The van der Waals surface area contributed by atoms with Gasteiger partial charge in [-0.15, -0.1) is 0 Å². The molecule has 2 atom stereocenters. The Morgan fingerprint density at radius 2 is 2.25 bits per heavy atom. The predicted molar refractivity (Wildman–Crippen MR) is 58.6 cm³/mol. The lowest BCUT2D eigenvalue weighted by molar-refractivity contribution is -0.126. The van der Waals surface area contributed by atoms with E-state index in [1.54, 1.807) is 12.1 Å². The first-order valence-corrected chi connectivity index (χ1v) is 5.35. The SMILES string of the molecule is C[C@@H]1CCO[C@@H]1C(=O)Nc1ccccc1F. The van der Waals surface area contributed by atoms with Crippen molar-refractivity contribution in [1.82, 2.24) is 0 Å². The number of rotatable bonds is 2. The molecular weight excluding hydrogens is 209 g/mol. The molecule has 1 N–H and O–H groups in total. The van der Waals surface area contributed by atoms with E-state index in [0.717, 1.165) is 6.42 Å². The van der Waals surface area contributed by atoms with E-state index >= 15 is 0 Å². The summed E-state index contributed by atoms with van der Waals surface area (Å²) in [6.07, 6.45) is 0.412. The summed E-state index contributed by atoms with van der Waals surface area (Å²) in [5.74, 6) is -0.511. The van der Waals surface area contributed by atoms with Gasteiger partial charge in [0, 0.05) is 6.61 Å². The van der Waals surface area contributed by atoms with E-state index in [4.69, 9.17) is 4.74 Å². The molecule has 1 aliphatic heterocycles. The van der Waals surface area contributed by atoms with Crippen LogP contribution in [-0.4, -0.2) is 18.6 Å². The highest BCUT2D eigenvalue weighted by molar-refractivity contribution is 5.94. The molecule has 1 amide bonds. The third-order valence-electron chi connectivity index (χ3n) is 2.78. The molecule has 1 aromatic carbocycles. The van der Waals surface area contributed by atoms with E-state index < -0.39 is 11.9 Å². The molecule has 1 heterocycles. The molecule has 2 rings (SSSR count). The summed E-state index contributed by atoms with van der Waals surface area (Å²) in [7, 11) is 0. The van der Waals surface area contributed by atoms with Gasteiger partial charge in [-0.3, -0.25) is 4.79 Å². The molecule has 0 radical (unpaired) electrons. The normalized spacial score (nSPS) is 24.4. The number of halogens is 1. The van der Waals surface area contributed by atoms with Crippen LogP contribution in [0.3, 0.4) is 0 Å². The van der Waals surface area contributed by atoms with Gasteiger partial charge in [-0.2, -0.15) is 0 Å². The van der Waals surface area contributed by atoms with Gasteiger partial charge in [0.25, 0.3) is 5.91 Å². The van der Waals surface area contributed by atoms with Gasteiger partial charge in [0.05, 0.1) is 5.69 Å². The number of amides is 1. The van der Waals surface area contributed by atoms with Gasteiger partial charge in [0.15, 0.2) is 0 Å². The number of hydrogen-bond donors (Lipinski definition) is 1. The third kappa shape index (κ3) is 2.22. The number of nitrogens with one attached hydrogen (secondary N) is 1. The molecule has 3 nitrogen and oxygen atoms in total. The molecule has 0 spiro atoms. The van der Waals surface area contributed by atoms with Gasteiger partial charge in [-0.05, 0) is 24.5 Å². The molecule has 86 valence electrons. The molecule has 0 aliphatic carbocycles. The van der Waals surface area contributed by atoms with Crippen LogP contribution >= 0.6 is 0 Å². The van der Waals surface area contributed by atoms with Gasteiger partial charge in [-0.25, -0.2) is 4.39 Å². The van der Waals surface area contributed by atoms with Crippen LogP contribution in [0.5, 0.6) is 0 Å². The van der Waals surface area contributed by atoms with E-state index in [0.29, 0.717) is 6.61 Å². The number of carbonyl (C=O) groups excluding carboxylic acids is 1. The maximum absolute atomic E-state index is 13.3. The van der Waals surface area contributed by atoms with Crippen molar-refractivity contribution in [2.24, 2.45) is 5.92 Å². The predicted octanol–water partition coefficient (Wildman–Crippen LogP) is 2.19. The van der Waals surface area contributed by atoms with Crippen molar-refractivity contribution in [2.45, 2.75) is 19.4 Å². The largest absolute Gasteiger partial charge is 0.368 e. The highest BCUT2D eigenvalue weighted by atomic mass is 19.1. The molecule has 1 aromatic rings. The van der Waals surface area contributed by atoms with Gasteiger partial charge in [0.1, 0.15) is 11.9 Å². The summed E-state index contributed by atoms with van der Waals surface area (Å²) in [4.78, 5) is 11.8. The minimum absolute atomic E-state index is 0.187. The van der Waals surface area contributed by atoms with Crippen molar-refractivity contribution >= 4 is 11.6 Å².